The molecule has 2 aromatic rings. The van der Waals surface area contributed by atoms with Gasteiger partial charge in [0.05, 0.1) is 10.7 Å². The number of carbonyl (C=O) groups is 1. The third-order valence-electron chi connectivity index (χ3n) is 3.62. The van der Waals surface area contributed by atoms with Crippen LogP contribution in [0.1, 0.15) is 27.6 Å². The van der Waals surface area contributed by atoms with Gasteiger partial charge in [0.25, 0.3) is 0 Å². The maximum atomic E-state index is 12.1. The first-order valence-corrected chi connectivity index (χ1v) is 6.78. The van der Waals surface area contributed by atoms with Gasteiger partial charge in [0.1, 0.15) is 5.41 Å². The molecule has 0 aliphatic heterocycles. The Hall–Kier alpha value is -1.68. The number of aromatic nitrogens is 1. The summed E-state index contributed by atoms with van der Waals surface area (Å²) in [5.41, 5.74) is 6.83. The fourth-order valence-corrected chi connectivity index (χ4v) is 3.79. The van der Waals surface area contributed by atoms with Crippen molar-refractivity contribution in [1.29, 1.82) is 0 Å². The van der Waals surface area contributed by atoms with Gasteiger partial charge in [-0.15, -0.1) is 11.3 Å². The summed E-state index contributed by atoms with van der Waals surface area (Å²) in [4.78, 5) is 17.8. The van der Waals surface area contributed by atoms with E-state index in [1.54, 1.807) is 11.3 Å². The summed E-state index contributed by atoms with van der Waals surface area (Å²) in [6.45, 7) is 1.97. The number of nitrogens with two attached hydrogens (primary N) is 1. The van der Waals surface area contributed by atoms with Crippen molar-refractivity contribution in [3.05, 3.63) is 51.5 Å². The van der Waals surface area contributed by atoms with Crippen LogP contribution in [0.2, 0.25) is 0 Å². The van der Waals surface area contributed by atoms with Crippen molar-refractivity contribution < 1.29 is 4.79 Å². The number of amides is 1. The van der Waals surface area contributed by atoms with Crippen molar-refractivity contribution in [3.8, 4) is 0 Å². The van der Waals surface area contributed by atoms with Crippen molar-refractivity contribution in [3.63, 3.8) is 0 Å². The van der Waals surface area contributed by atoms with Crippen LogP contribution >= 0.6 is 11.3 Å². The van der Waals surface area contributed by atoms with E-state index in [9.17, 15) is 4.79 Å². The molecular formula is C14H14N2OS. The van der Waals surface area contributed by atoms with Crippen LogP contribution in [0.5, 0.6) is 0 Å². The van der Waals surface area contributed by atoms with Crippen molar-refractivity contribution in [1.82, 2.24) is 4.98 Å². The Morgan fingerprint density at radius 1 is 1.39 bits per heavy atom. The molecule has 1 amide bonds. The van der Waals surface area contributed by atoms with Crippen molar-refractivity contribution in [2.24, 2.45) is 5.73 Å². The van der Waals surface area contributed by atoms with E-state index in [1.807, 2.05) is 37.3 Å². The number of benzene rings is 1. The summed E-state index contributed by atoms with van der Waals surface area (Å²) >= 11 is 1.67. The van der Waals surface area contributed by atoms with Crippen LogP contribution in [0, 0.1) is 6.92 Å². The number of carbonyl (C=O) groups excluding carboxylic acids is 1. The lowest BCUT2D eigenvalue weighted by Gasteiger charge is -2.25. The molecule has 0 saturated carbocycles. The van der Waals surface area contributed by atoms with E-state index in [-0.39, 0.29) is 5.91 Å². The quantitative estimate of drug-likeness (QED) is 0.897. The maximum absolute atomic E-state index is 12.1. The van der Waals surface area contributed by atoms with Gasteiger partial charge < -0.3 is 5.73 Å². The molecule has 1 unspecified atom stereocenters. The number of hydrogen-bond acceptors (Lipinski definition) is 3. The second kappa shape index (κ2) is 3.92. The van der Waals surface area contributed by atoms with Gasteiger partial charge in [-0.05, 0) is 25.3 Å². The molecular weight excluding hydrogens is 244 g/mol. The van der Waals surface area contributed by atoms with Crippen molar-refractivity contribution in [2.45, 2.75) is 25.2 Å². The van der Waals surface area contributed by atoms with Crippen molar-refractivity contribution >= 4 is 17.2 Å². The minimum Gasteiger partial charge on any atom is -0.369 e. The van der Waals surface area contributed by atoms with E-state index in [4.69, 9.17) is 5.73 Å². The molecule has 0 fully saturated rings. The van der Waals surface area contributed by atoms with Crippen LogP contribution in [-0.4, -0.2) is 10.9 Å². The molecule has 0 radical (unpaired) electrons. The molecule has 18 heavy (non-hydrogen) atoms. The Balaban J connectivity index is 2.24. The molecule has 0 spiro atoms. The molecule has 1 atom stereocenters. The van der Waals surface area contributed by atoms with Gasteiger partial charge in [-0.2, -0.15) is 0 Å². The van der Waals surface area contributed by atoms with E-state index in [1.165, 1.54) is 4.88 Å². The number of fused-ring (bicyclic) bond motifs is 1. The van der Waals surface area contributed by atoms with Crippen LogP contribution in [-0.2, 0) is 16.6 Å². The first-order valence-electron chi connectivity index (χ1n) is 5.97. The topological polar surface area (TPSA) is 56.0 Å². The molecule has 0 saturated heterocycles. The monoisotopic (exact) mass is 258 g/mol. The lowest BCUT2D eigenvalue weighted by Crippen LogP contribution is -2.40. The fourth-order valence-electron chi connectivity index (χ4n) is 2.78. The first-order chi connectivity index (χ1) is 8.64. The molecule has 4 heteroatoms. The van der Waals surface area contributed by atoms with E-state index >= 15 is 0 Å². The first kappa shape index (κ1) is 11.4. The predicted octanol–water partition coefficient (Wildman–Crippen LogP) is 2.17. The van der Waals surface area contributed by atoms with E-state index < -0.39 is 5.41 Å². The predicted molar refractivity (Wildman–Crippen MR) is 71.6 cm³/mol. The van der Waals surface area contributed by atoms with Gasteiger partial charge in [0.2, 0.25) is 5.91 Å². The van der Waals surface area contributed by atoms with E-state index in [0.29, 0.717) is 0 Å². The molecule has 0 bridgehead atoms. The molecule has 1 heterocycles. The van der Waals surface area contributed by atoms with Gasteiger partial charge in [0.15, 0.2) is 0 Å². The van der Waals surface area contributed by atoms with Crippen molar-refractivity contribution in [2.75, 3.05) is 0 Å². The zero-order valence-electron chi connectivity index (χ0n) is 10.1. The Labute approximate surface area is 110 Å². The Morgan fingerprint density at radius 2 is 2.11 bits per heavy atom. The van der Waals surface area contributed by atoms with Gasteiger partial charge in [0, 0.05) is 4.88 Å². The Bertz CT molecular complexity index is 606. The zero-order valence-corrected chi connectivity index (χ0v) is 11.0. The molecule has 92 valence electrons. The average Bonchev–Trinajstić information content (AvgIpc) is 2.87. The summed E-state index contributed by atoms with van der Waals surface area (Å²) in [6, 6.07) is 9.76. The van der Waals surface area contributed by atoms with E-state index in [0.717, 1.165) is 29.1 Å². The standard InChI is InChI=1S/C14H14N2OS/c1-9-16-12-11(18-9)7-8-14(12,13(15)17)10-5-3-2-4-6-10/h2-6H,7-8H2,1H3,(H2,15,17). The van der Waals surface area contributed by atoms with Gasteiger partial charge in [-0.25, -0.2) is 4.98 Å². The number of primary amides is 1. The molecule has 1 aromatic carbocycles. The lowest BCUT2D eigenvalue weighted by molar-refractivity contribution is -0.122. The number of nitrogens with zero attached hydrogens (tertiary/aromatic N) is 1. The Morgan fingerprint density at radius 3 is 2.78 bits per heavy atom. The summed E-state index contributed by atoms with van der Waals surface area (Å²) < 4.78 is 0. The Kier molecular flexibility index (Phi) is 2.48. The summed E-state index contributed by atoms with van der Waals surface area (Å²) in [5, 5.41) is 1.00. The minimum atomic E-state index is -0.721. The highest BCUT2D eigenvalue weighted by atomic mass is 32.1. The molecule has 1 aliphatic rings. The van der Waals surface area contributed by atoms with Gasteiger partial charge in [-0.3, -0.25) is 4.79 Å². The second-order valence-electron chi connectivity index (χ2n) is 4.64. The maximum Gasteiger partial charge on any atom is 0.234 e. The average molecular weight is 258 g/mol. The second-order valence-corrected chi connectivity index (χ2v) is 5.93. The van der Waals surface area contributed by atoms with Gasteiger partial charge >= 0.3 is 0 Å². The number of thiazole rings is 1. The lowest BCUT2D eigenvalue weighted by atomic mass is 9.77. The normalized spacial score (nSPS) is 21.8. The highest BCUT2D eigenvalue weighted by Gasteiger charge is 2.48. The summed E-state index contributed by atoms with van der Waals surface area (Å²) in [6.07, 6.45) is 1.62. The van der Waals surface area contributed by atoms with Crippen LogP contribution in [0.4, 0.5) is 0 Å². The molecule has 1 aliphatic carbocycles. The number of aryl methyl sites for hydroxylation is 2. The minimum absolute atomic E-state index is 0.294. The summed E-state index contributed by atoms with van der Waals surface area (Å²) in [7, 11) is 0. The number of rotatable bonds is 2. The van der Waals surface area contributed by atoms with Crippen LogP contribution in [0.15, 0.2) is 30.3 Å². The highest BCUT2D eigenvalue weighted by Crippen LogP contribution is 2.45. The smallest absolute Gasteiger partial charge is 0.234 e. The molecule has 2 N–H and O–H groups in total. The number of hydrogen-bond donors (Lipinski definition) is 1. The third-order valence-corrected chi connectivity index (χ3v) is 4.65. The van der Waals surface area contributed by atoms with Gasteiger partial charge in [-0.1, -0.05) is 30.3 Å². The molecule has 3 rings (SSSR count). The largest absolute Gasteiger partial charge is 0.369 e. The van der Waals surface area contributed by atoms with Crippen LogP contribution in [0.3, 0.4) is 0 Å². The fraction of sp³-hybridized carbons (Fsp3) is 0.286. The van der Waals surface area contributed by atoms with Crippen LogP contribution < -0.4 is 5.73 Å². The summed E-state index contributed by atoms with van der Waals surface area (Å²) in [5.74, 6) is -0.294. The third kappa shape index (κ3) is 1.42. The van der Waals surface area contributed by atoms with E-state index in [2.05, 4.69) is 4.98 Å². The van der Waals surface area contributed by atoms with Crippen LogP contribution in [0.25, 0.3) is 0 Å². The zero-order chi connectivity index (χ0) is 12.8. The molecule has 1 aromatic heterocycles. The highest BCUT2D eigenvalue weighted by molar-refractivity contribution is 7.11. The SMILES string of the molecule is Cc1nc2c(s1)CCC2(C(N)=O)c1ccccc1. The molecule has 3 nitrogen and oxygen atoms in total.